The zero-order chi connectivity index (χ0) is 13.1. The zero-order valence-corrected chi connectivity index (χ0v) is 10.2. The van der Waals surface area contributed by atoms with Crippen LogP contribution in [-0.4, -0.2) is 35.1 Å². The van der Waals surface area contributed by atoms with E-state index >= 15 is 0 Å². The van der Waals surface area contributed by atoms with Crippen molar-refractivity contribution in [1.82, 2.24) is 4.90 Å². The summed E-state index contributed by atoms with van der Waals surface area (Å²) in [6.45, 7) is 0. The van der Waals surface area contributed by atoms with Gasteiger partial charge in [-0.1, -0.05) is 12.1 Å². The summed E-state index contributed by atoms with van der Waals surface area (Å²) in [7, 11) is 1.74. The number of benzene rings is 1. The second-order valence-electron chi connectivity index (χ2n) is 4.48. The number of carboxylic acids is 1. The average molecular weight is 248 g/mol. The predicted octanol–water partition coefficient (Wildman–Crippen LogP) is 2.40. The van der Waals surface area contributed by atoms with Gasteiger partial charge in [0.1, 0.15) is 0 Å². The van der Waals surface area contributed by atoms with Gasteiger partial charge >= 0.3 is 12.0 Å². The van der Waals surface area contributed by atoms with Gasteiger partial charge in [0.25, 0.3) is 0 Å². The molecular formula is C13H16N2O3. The molecule has 1 fully saturated rings. The van der Waals surface area contributed by atoms with E-state index in [1.807, 2.05) is 0 Å². The first-order valence-electron chi connectivity index (χ1n) is 5.95. The molecule has 0 unspecified atom stereocenters. The molecule has 1 aromatic rings. The molecule has 0 radical (unpaired) electrons. The third-order valence-corrected chi connectivity index (χ3v) is 3.34. The Morgan fingerprint density at radius 2 is 2.00 bits per heavy atom. The van der Waals surface area contributed by atoms with Crippen LogP contribution in [0.3, 0.4) is 0 Å². The van der Waals surface area contributed by atoms with Crippen LogP contribution >= 0.6 is 0 Å². The highest BCUT2D eigenvalue weighted by atomic mass is 16.4. The van der Waals surface area contributed by atoms with Gasteiger partial charge in [0, 0.05) is 13.1 Å². The van der Waals surface area contributed by atoms with Gasteiger partial charge < -0.3 is 15.3 Å². The first-order valence-corrected chi connectivity index (χ1v) is 5.95. The Bertz CT molecular complexity index is 469. The molecule has 0 saturated heterocycles. The molecule has 1 aliphatic rings. The van der Waals surface area contributed by atoms with Crippen molar-refractivity contribution in [3.8, 4) is 0 Å². The molecule has 2 rings (SSSR count). The molecule has 1 saturated carbocycles. The van der Waals surface area contributed by atoms with E-state index in [-0.39, 0.29) is 17.6 Å². The normalized spacial score (nSPS) is 14.7. The maximum atomic E-state index is 11.9. The van der Waals surface area contributed by atoms with Crippen molar-refractivity contribution in [2.45, 2.75) is 25.3 Å². The summed E-state index contributed by atoms with van der Waals surface area (Å²) < 4.78 is 0. The van der Waals surface area contributed by atoms with Crippen LogP contribution in [0.25, 0.3) is 0 Å². The van der Waals surface area contributed by atoms with E-state index in [9.17, 15) is 9.59 Å². The summed E-state index contributed by atoms with van der Waals surface area (Å²) in [5, 5.41) is 11.7. The number of urea groups is 1. The number of aromatic carboxylic acids is 1. The lowest BCUT2D eigenvalue weighted by Gasteiger charge is -2.34. The highest BCUT2D eigenvalue weighted by molar-refractivity contribution is 5.99. The number of carboxylic acid groups (broad SMARTS) is 1. The molecule has 2 amide bonds. The summed E-state index contributed by atoms with van der Waals surface area (Å²) in [6.07, 6.45) is 3.18. The molecule has 5 heteroatoms. The molecule has 2 N–H and O–H groups in total. The lowest BCUT2D eigenvalue weighted by Crippen LogP contribution is -2.43. The summed E-state index contributed by atoms with van der Waals surface area (Å²) >= 11 is 0. The van der Waals surface area contributed by atoms with E-state index in [0.717, 1.165) is 19.3 Å². The van der Waals surface area contributed by atoms with Crippen LogP contribution < -0.4 is 5.32 Å². The van der Waals surface area contributed by atoms with E-state index in [1.165, 1.54) is 6.07 Å². The maximum Gasteiger partial charge on any atom is 0.337 e. The SMILES string of the molecule is CN(C(=O)Nc1ccccc1C(=O)O)C1CCC1. The standard InChI is InChI=1S/C13H16N2O3/c1-15(9-5-4-6-9)13(18)14-11-8-3-2-7-10(11)12(16)17/h2-3,7-9H,4-6H2,1H3,(H,14,18)(H,16,17). The van der Waals surface area contributed by atoms with Gasteiger partial charge in [0.2, 0.25) is 0 Å². The van der Waals surface area contributed by atoms with Crippen molar-refractivity contribution in [3.05, 3.63) is 29.8 Å². The third kappa shape index (κ3) is 2.45. The summed E-state index contributed by atoms with van der Waals surface area (Å²) in [6, 6.07) is 6.42. The molecule has 5 nitrogen and oxygen atoms in total. The largest absolute Gasteiger partial charge is 0.478 e. The Labute approximate surface area is 105 Å². The van der Waals surface area contributed by atoms with Crippen molar-refractivity contribution >= 4 is 17.7 Å². The van der Waals surface area contributed by atoms with E-state index in [4.69, 9.17) is 5.11 Å². The Kier molecular flexibility index (Phi) is 3.50. The van der Waals surface area contributed by atoms with Gasteiger partial charge in [-0.15, -0.1) is 0 Å². The number of anilines is 1. The van der Waals surface area contributed by atoms with E-state index in [2.05, 4.69) is 5.32 Å². The number of carbonyl (C=O) groups is 2. The second kappa shape index (κ2) is 5.08. The molecule has 0 aliphatic heterocycles. The van der Waals surface area contributed by atoms with Crippen LogP contribution in [0, 0.1) is 0 Å². The fourth-order valence-electron chi connectivity index (χ4n) is 1.92. The minimum absolute atomic E-state index is 0.104. The molecule has 0 spiro atoms. The molecule has 18 heavy (non-hydrogen) atoms. The smallest absolute Gasteiger partial charge is 0.337 e. The fourth-order valence-corrected chi connectivity index (χ4v) is 1.92. The van der Waals surface area contributed by atoms with Gasteiger partial charge in [0.05, 0.1) is 11.3 Å². The van der Waals surface area contributed by atoms with Gasteiger partial charge in [-0.3, -0.25) is 0 Å². The number of amides is 2. The molecule has 1 aliphatic carbocycles. The zero-order valence-electron chi connectivity index (χ0n) is 10.2. The van der Waals surface area contributed by atoms with Crippen LogP contribution in [0.1, 0.15) is 29.6 Å². The van der Waals surface area contributed by atoms with Crippen LogP contribution in [0.15, 0.2) is 24.3 Å². The molecule has 0 atom stereocenters. The van der Waals surface area contributed by atoms with Crippen LogP contribution in [0.5, 0.6) is 0 Å². The molecule has 0 aromatic heterocycles. The number of nitrogens with one attached hydrogen (secondary N) is 1. The third-order valence-electron chi connectivity index (χ3n) is 3.34. The van der Waals surface area contributed by atoms with Crippen molar-refractivity contribution < 1.29 is 14.7 Å². The number of rotatable bonds is 3. The quantitative estimate of drug-likeness (QED) is 0.863. The van der Waals surface area contributed by atoms with Gasteiger partial charge in [-0.05, 0) is 31.4 Å². The van der Waals surface area contributed by atoms with Crippen LogP contribution in [0.2, 0.25) is 0 Å². The Balaban J connectivity index is 2.08. The summed E-state index contributed by atoms with van der Waals surface area (Å²) in [4.78, 5) is 24.6. The monoisotopic (exact) mass is 248 g/mol. The van der Waals surface area contributed by atoms with Crippen molar-refractivity contribution in [2.24, 2.45) is 0 Å². The minimum atomic E-state index is -1.04. The number of carbonyl (C=O) groups excluding carboxylic acids is 1. The molecule has 0 bridgehead atoms. The van der Waals surface area contributed by atoms with Crippen LogP contribution in [-0.2, 0) is 0 Å². The van der Waals surface area contributed by atoms with Gasteiger partial charge in [-0.25, -0.2) is 9.59 Å². The highest BCUT2D eigenvalue weighted by Gasteiger charge is 2.26. The Morgan fingerprint density at radius 3 is 2.56 bits per heavy atom. The Morgan fingerprint density at radius 1 is 1.33 bits per heavy atom. The topological polar surface area (TPSA) is 69.6 Å². The summed E-state index contributed by atoms with van der Waals surface area (Å²) in [5.41, 5.74) is 0.439. The van der Waals surface area contributed by atoms with Gasteiger partial charge in [-0.2, -0.15) is 0 Å². The minimum Gasteiger partial charge on any atom is -0.478 e. The number of para-hydroxylation sites is 1. The number of hydrogen-bond acceptors (Lipinski definition) is 2. The van der Waals surface area contributed by atoms with Crippen molar-refractivity contribution in [3.63, 3.8) is 0 Å². The average Bonchev–Trinajstić information content (AvgIpc) is 2.27. The van der Waals surface area contributed by atoms with E-state index < -0.39 is 5.97 Å². The molecular weight excluding hydrogens is 232 g/mol. The fraction of sp³-hybridized carbons (Fsp3) is 0.385. The molecule has 1 aromatic carbocycles. The predicted molar refractivity (Wildman–Crippen MR) is 67.8 cm³/mol. The highest BCUT2D eigenvalue weighted by Crippen LogP contribution is 2.24. The lowest BCUT2D eigenvalue weighted by molar-refractivity contribution is 0.0698. The number of hydrogen-bond donors (Lipinski definition) is 2. The van der Waals surface area contributed by atoms with E-state index in [1.54, 1.807) is 30.1 Å². The second-order valence-corrected chi connectivity index (χ2v) is 4.48. The number of nitrogens with zero attached hydrogens (tertiary/aromatic N) is 1. The first kappa shape index (κ1) is 12.4. The van der Waals surface area contributed by atoms with Gasteiger partial charge in [0.15, 0.2) is 0 Å². The summed E-state index contributed by atoms with van der Waals surface area (Å²) in [5.74, 6) is -1.04. The molecule has 96 valence electrons. The lowest BCUT2D eigenvalue weighted by atomic mass is 9.92. The Hall–Kier alpha value is -2.04. The maximum absolute atomic E-state index is 11.9. The van der Waals surface area contributed by atoms with Crippen LogP contribution in [0.4, 0.5) is 10.5 Å². The van der Waals surface area contributed by atoms with Crippen molar-refractivity contribution in [2.75, 3.05) is 12.4 Å². The van der Waals surface area contributed by atoms with E-state index in [0.29, 0.717) is 5.69 Å². The molecule has 0 heterocycles. The van der Waals surface area contributed by atoms with Crippen molar-refractivity contribution in [1.29, 1.82) is 0 Å². The first-order chi connectivity index (χ1) is 8.59.